The lowest BCUT2D eigenvalue weighted by Gasteiger charge is -2.15. The number of nitrogens with two attached hydrogens (primary N) is 1. The van der Waals surface area contributed by atoms with E-state index in [1.807, 2.05) is 0 Å². The molecule has 1 aromatic carbocycles. The third-order valence-electron chi connectivity index (χ3n) is 4.01. The molecule has 3 aromatic rings. The van der Waals surface area contributed by atoms with E-state index in [0.717, 1.165) is 0 Å². The number of rotatable bonds is 7. The van der Waals surface area contributed by atoms with Crippen molar-refractivity contribution < 1.29 is 17.9 Å². The number of hydrogen-bond donors (Lipinski definition) is 3. The summed E-state index contributed by atoms with van der Waals surface area (Å²) < 4.78 is 33.5. The van der Waals surface area contributed by atoms with Gasteiger partial charge in [-0.1, -0.05) is 18.2 Å². The second kappa shape index (κ2) is 8.68. The van der Waals surface area contributed by atoms with Crippen molar-refractivity contribution in [2.24, 2.45) is 5.84 Å². The van der Waals surface area contributed by atoms with E-state index in [2.05, 4.69) is 14.7 Å². The van der Waals surface area contributed by atoms with Gasteiger partial charge in [-0.25, -0.2) is 29.2 Å². The Balaban J connectivity index is 2.03. The summed E-state index contributed by atoms with van der Waals surface area (Å²) >= 11 is 0. The fraction of sp³-hybridized carbons (Fsp3) is 0.0526. The van der Waals surface area contributed by atoms with Crippen LogP contribution in [0.4, 0.5) is 11.5 Å². The summed E-state index contributed by atoms with van der Waals surface area (Å²) in [5.41, 5.74) is 1.34. The van der Waals surface area contributed by atoms with Crippen LogP contribution in [0.5, 0.6) is 5.88 Å². The van der Waals surface area contributed by atoms with Crippen molar-refractivity contribution in [1.29, 1.82) is 5.41 Å². The molecule has 30 heavy (non-hydrogen) atoms. The summed E-state index contributed by atoms with van der Waals surface area (Å²) in [6.45, 7) is 0. The third kappa shape index (κ3) is 4.42. The summed E-state index contributed by atoms with van der Waals surface area (Å²) in [6.07, 6.45) is 3.39. The monoisotopic (exact) mass is 426 g/mol. The molecule has 0 spiro atoms. The first-order valence-corrected chi connectivity index (χ1v) is 10.0. The number of ether oxygens (including phenoxy) is 1. The molecule has 0 bridgehead atoms. The quantitative estimate of drug-likeness (QED) is 0.225. The largest absolute Gasteiger partial charge is 0.480 e. The predicted octanol–water partition coefficient (Wildman–Crippen LogP) is 1.81. The van der Waals surface area contributed by atoms with Gasteiger partial charge in [-0.2, -0.15) is 0 Å². The number of methoxy groups -OCH3 is 1. The number of nitrogens with one attached hydrogen (secondary N) is 2. The van der Waals surface area contributed by atoms with Crippen molar-refractivity contribution in [2.75, 3.05) is 16.8 Å². The maximum absolute atomic E-state index is 12.9. The molecule has 0 unspecified atom stereocenters. The average molecular weight is 426 g/mol. The minimum absolute atomic E-state index is 0.0732. The number of pyridine rings is 2. The van der Waals surface area contributed by atoms with Crippen molar-refractivity contribution in [1.82, 2.24) is 9.97 Å². The Morgan fingerprint density at radius 1 is 1.17 bits per heavy atom. The minimum Gasteiger partial charge on any atom is -0.480 e. The van der Waals surface area contributed by atoms with Crippen LogP contribution in [0.25, 0.3) is 11.1 Å². The third-order valence-corrected chi connectivity index (χ3v) is 5.39. The number of aromatic nitrogens is 2. The fourth-order valence-electron chi connectivity index (χ4n) is 2.56. The molecule has 2 heterocycles. The first-order valence-electron chi connectivity index (χ1n) is 8.53. The number of carbonyl (C=O) groups is 1. The van der Waals surface area contributed by atoms with E-state index in [9.17, 15) is 13.2 Å². The first kappa shape index (κ1) is 20.9. The average Bonchev–Trinajstić information content (AvgIpc) is 2.78. The molecule has 2 aromatic heterocycles. The highest BCUT2D eigenvalue weighted by Crippen LogP contribution is 2.30. The van der Waals surface area contributed by atoms with Gasteiger partial charge in [0, 0.05) is 23.6 Å². The second-order valence-electron chi connectivity index (χ2n) is 5.96. The van der Waals surface area contributed by atoms with Crippen LogP contribution in [0.3, 0.4) is 0 Å². The summed E-state index contributed by atoms with van der Waals surface area (Å²) in [4.78, 5) is 19.5. The normalized spacial score (nSPS) is 10.9. The van der Waals surface area contributed by atoms with Gasteiger partial charge in [0.2, 0.25) is 5.88 Å². The van der Waals surface area contributed by atoms with Crippen LogP contribution in [0.2, 0.25) is 0 Å². The number of hydrazine groups is 1. The van der Waals surface area contributed by atoms with E-state index < -0.39 is 15.9 Å². The molecule has 0 aliphatic heterocycles. The molecule has 0 aliphatic carbocycles. The number of sulfonamides is 1. The Morgan fingerprint density at radius 3 is 2.57 bits per heavy atom. The smallest absolute Gasteiger partial charge is 0.284 e. The van der Waals surface area contributed by atoms with Gasteiger partial charge >= 0.3 is 0 Å². The van der Waals surface area contributed by atoms with Crippen molar-refractivity contribution in [3.05, 3.63) is 60.9 Å². The van der Waals surface area contributed by atoms with Gasteiger partial charge in [-0.3, -0.25) is 9.52 Å². The number of benzene rings is 1. The zero-order chi connectivity index (χ0) is 21.7. The van der Waals surface area contributed by atoms with Gasteiger partial charge in [0.15, 0.2) is 5.82 Å². The Kier molecular flexibility index (Phi) is 6.04. The molecule has 0 radical (unpaired) electrons. The number of anilines is 2. The zero-order valence-electron chi connectivity index (χ0n) is 15.8. The molecule has 0 aliphatic rings. The van der Waals surface area contributed by atoms with Crippen LogP contribution in [-0.2, 0) is 14.8 Å². The molecular weight excluding hydrogens is 408 g/mol. The van der Waals surface area contributed by atoms with E-state index in [-0.39, 0.29) is 16.6 Å². The van der Waals surface area contributed by atoms with Gasteiger partial charge in [-0.15, -0.1) is 0 Å². The Bertz CT molecular complexity index is 1180. The van der Waals surface area contributed by atoms with E-state index in [4.69, 9.17) is 16.0 Å². The molecule has 11 heteroatoms. The van der Waals surface area contributed by atoms with E-state index in [1.165, 1.54) is 31.6 Å². The van der Waals surface area contributed by atoms with E-state index >= 15 is 0 Å². The van der Waals surface area contributed by atoms with Gasteiger partial charge in [0.05, 0.1) is 13.3 Å². The standard InChI is InChI=1S/C19H18N6O4S/c1-29-19-16(30(27,28)24-15-5-3-2-4-6-15)9-14(12-23-19)13-7-8-22-17(10-13)25(21)18(26)11-20/h2-12,20,24H,21H2,1H3. The molecule has 0 atom stereocenters. The molecule has 10 nitrogen and oxygen atoms in total. The van der Waals surface area contributed by atoms with Crippen molar-refractivity contribution in [3.8, 4) is 17.0 Å². The lowest BCUT2D eigenvalue weighted by atomic mass is 10.1. The number of carbonyl (C=O) groups excluding carboxylic acids is 1. The highest BCUT2D eigenvalue weighted by molar-refractivity contribution is 7.92. The van der Waals surface area contributed by atoms with Crippen LogP contribution in [0, 0.1) is 5.41 Å². The topological polar surface area (TPSA) is 151 Å². The number of hydrogen-bond acceptors (Lipinski definition) is 8. The molecule has 0 saturated heterocycles. The Labute approximate surface area is 172 Å². The minimum atomic E-state index is -4.00. The number of para-hydroxylation sites is 1. The molecule has 0 fully saturated rings. The maximum Gasteiger partial charge on any atom is 0.284 e. The Hall–Kier alpha value is -3.83. The maximum atomic E-state index is 12.9. The molecule has 4 N–H and O–H groups in total. The molecule has 154 valence electrons. The molecular formula is C19H18N6O4S. The van der Waals surface area contributed by atoms with Gasteiger partial charge < -0.3 is 10.1 Å². The van der Waals surface area contributed by atoms with Gasteiger partial charge in [0.25, 0.3) is 15.9 Å². The van der Waals surface area contributed by atoms with E-state index in [0.29, 0.717) is 28.0 Å². The molecule has 0 saturated carbocycles. The predicted molar refractivity (Wildman–Crippen MR) is 112 cm³/mol. The lowest BCUT2D eigenvalue weighted by molar-refractivity contribution is -0.112. The first-order chi connectivity index (χ1) is 14.4. The summed E-state index contributed by atoms with van der Waals surface area (Å²) in [7, 11) is -2.68. The van der Waals surface area contributed by atoms with Gasteiger partial charge in [-0.05, 0) is 35.9 Å². The van der Waals surface area contributed by atoms with Crippen LogP contribution in [0.15, 0.2) is 65.8 Å². The zero-order valence-corrected chi connectivity index (χ0v) is 16.6. The van der Waals surface area contributed by atoms with Crippen molar-refractivity contribution in [3.63, 3.8) is 0 Å². The van der Waals surface area contributed by atoms with Crippen LogP contribution in [-0.4, -0.2) is 37.6 Å². The van der Waals surface area contributed by atoms with Gasteiger partial charge in [0.1, 0.15) is 4.90 Å². The Morgan fingerprint density at radius 2 is 1.90 bits per heavy atom. The molecule has 1 amide bonds. The molecule has 3 rings (SSSR count). The fourth-order valence-corrected chi connectivity index (χ4v) is 3.77. The second-order valence-corrected chi connectivity index (χ2v) is 7.61. The van der Waals surface area contributed by atoms with Crippen LogP contribution < -0.4 is 20.3 Å². The highest BCUT2D eigenvalue weighted by Gasteiger charge is 2.22. The van der Waals surface area contributed by atoms with E-state index in [1.54, 1.807) is 36.4 Å². The summed E-state index contributed by atoms with van der Waals surface area (Å²) in [6, 6.07) is 12.9. The van der Waals surface area contributed by atoms with Crippen LogP contribution >= 0.6 is 0 Å². The SMILES string of the molecule is COc1ncc(-c2ccnc(N(N)C(=O)C=N)c2)cc1S(=O)(=O)Nc1ccccc1. The number of amides is 1. The summed E-state index contributed by atoms with van der Waals surface area (Å²) in [5.74, 6) is 4.91. The lowest BCUT2D eigenvalue weighted by Crippen LogP contribution is -2.38. The highest BCUT2D eigenvalue weighted by atomic mass is 32.2. The van der Waals surface area contributed by atoms with Crippen LogP contribution in [0.1, 0.15) is 0 Å². The number of nitrogens with zero attached hydrogens (tertiary/aromatic N) is 3. The van der Waals surface area contributed by atoms with Crippen molar-refractivity contribution >= 4 is 33.7 Å². The van der Waals surface area contributed by atoms with Crippen molar-refractivity contribution in [2.45, 2.75) is 4.90 Å². The summed E-state index contributed by atoms with van der Waals surface area (Å²) in [5, 5.41) is 7.73.